The number of methoxy groups -OCH3 is 1. The van der Waals surface area contributed by atoms with Gasteiger partial charge in [-0.15, -0.1) is 0 Å². The lowest BCUT2D eigenvalue weighted by molar-refractivity contribution is 0.372. The van der Waals surface area contributed by atoms with E-state index in [0.29, 0.717) is 15.1 Å². The Labute approximate surface area is 190 Å². The summed E-state index contributed by atoms with van der Waals surface area (Å²) in [5.74, 6) is 0.516. The zero-order valence-electron chi connectivity index (χ0n) is 17.2. The first-order valence-electron chi connectivity index (χ1n) is 8.99. The third-order valence-electron chi connectivity index (χ3n) is 4.55. The molecule has 2 N–H and O–H groups in total. The Bertz CT molecular complexity index is 1330. The van der Waals surface area contributed by atoms with Crippen LogP contribution in [0.5, 0.6) is 11.5 Å². The molecule has 0 amide bonds. The van der Waals surface area contributed by atoms with Gasteiger partial charge in [0.1, 0.15) is 0 Å². The lowest BCUT2D eigenvalue weighted by atomic mass is 10.2. The van der Waals surface area contributed by atoms with Crippen LogP contribution >= 0.6 is 27.5 Å². The number of nitrogens with zero attached hydrogens (tertiary/aromatic N) is 5. The number of benzene rings is 1. The molecule has 0 saturated heterocycles. The summed E-state index contributed by atoms with van der Waals surface area (Å²) in [6.07, 6.45) is 3.21. The second-order valence-corrected chi connectivity index (χ2v) is 8.09. The largest absolute Gasteiger partial charge is 0.503 e. The van der Waals surface area contributed by atoms with E-state index in [4.69, 9.17) is 16.3 Å². The summed E-state index contributed by atoms with van der Waals surface area (Å²) >= 11 is 9.22. The molecule has 31 heavy (non-hydrogen) atoms. The highest BCUT2D eigenvalue weighted by atomic mass is 79.9. The first-order chi connectivity index (χ1) is 14.6. The fraction of sp³-hybridized carbons (Fsp3) is 0.263. The van der Waals surface area contributed by atoms with Crippen molar-refractivity contribution in [1.82, 2.24) is 18.7 Å². The van der Waals surface area contributed by atoms with Crippen LogP contribution in [0.4, 0.5) is 5.95 Å². The molecule has 1 aromatic carbocycles. The summed E-state index contributed by atoms with van der Waals surface area (Å²) in [5, 5.41) is 14.6. The second-order valence-electron chi connectivity index (χ2n) is 6.64. The summed E-state index contributed by atoms with van der Waals surface area (Å²) in [6.45, 7) is 1.96. The van der Waals surface area contributed by atoms with E-state index in [2.05, 4.69) is 31.4 Å². The number of imidazole rings is 1. The van der Waals surface area contributed by atoms with Crippen molar-refractivity contribution in [2.45, 2.75) is 13.5 Å². The molecule has 3 rings (SSSR count). The molecule has 10 nitrogen and oxygen atoms in total. The lowest BCUT2D eigenvalue weighted by Gasteiger charge is -2.07. The van der Waals surface area contributed by atoms with Crippen LogP contribution in [0.2, 0.25) is 0 Å². The minimum absolute atomic E-state index is 0.0191. The molecular weight excluding hydrogens is 492 g/mol. The zero-order valence-corrected chi connectivity index (χ0v) is 19.5. The van der Waals surface area contributed by atoms with E-state index in [1.54, 1.807) is 29.7 Å². The molecule has 0 aliphatic rings. The van der Waals surface area contributed by atoms with Crippen LogP contribution < -0.4 is 21.4 Å². The Morgan fingerprint density at radius 3 is 2.71 bits per heavy atom. The standard InChI is InChI=1S/C19H20BrClN6O4/c1-10(21)5-6-27-14-16(25(2)19(30)26(3)17(14)29)23-18(27)24-22-9-11-7-12(20)15(28)13(8-11)31-4/h5,7-9,28H,6H2,1-4H3,(H,23,24)/b10-5?,22-9+. The van der Waals surface area contributed by atoms with Gasteiger partial charge in [0.05, 0.1) is 17.8 Å². The Morgan fingerprint density at radius 2 is 2.06 bits per heavy atom. The van der Waals surface area contributed by atoms with Crippen molar-refractivity contribution in [1.29, 1.82) is 0 Å². The Kier molecular flexibility index (Phi) is 6.56. The van der Waals surface area contributed by atoms with Gasteiger partial charge in [-0.25, -0.2) is 10.2 Å². The maximum absolute atomic E-state index is 12.7. The number of aromatic nitrogens is 4. The molecule has 12 heteroatoms. The Morgan fingerprint density at radius 1 is 1.35 bits per heavy atom. The van der Waals surface area contributed by atoms with Crippen LogP contribution in [-0.4, -0.2) is 37.1 Å². The van der Waals surface area contributed by atoms with E-state index in [-0.39, 0.29) is 35.2 Å². The fourth-order valence-electron chi connectivity index (χ4n) is 2.92. The maximum atomic E-state index is 12.7. The van der Waals surface area contributed by atoms with E-state index in [0.717, 1.165) is 4.57 Å². The van der Waals surface area contributed by atoms with E-state index in [1.807, 2.05) is 0 Å². The first kappa shape index (κ1) is 22.6. The number of phenolic OH excluding ortho intramolecular Hbond substituents is 1. The highest BCUT2D eigenvalue weighted by Crippen LogP contribution is 2.34. The molecule has 0 saturated carbocycles. The maximum Gasteiger partial charge on any atom is 0.332 e. The Hall–Kier alpha value is -3.05. The molecule has 0 unspecified atom stereocenters. The van der Waals surface area contributed by atoms with Gasteiger partial charge in [0.15, 0.2) is 22.7 Å². The predicted molar refractivity (Wildman–Crippen MR) is 123 cm³/mol. The van der Waals surface area contributed by atoms with E-state index in [9.17, 15) is 14.7 Å². The number of hydrazone groups is 1. The SMILES string of the molecule is COc1cc(/C=N/Nc2nc3c(c(=O)n(C)c(=O)n3C)n2CC=C(C)Cl)cc(Br)c1O. The van der Waals surface area contributed by atoms with E-state index in [1.165, 1.54) is 32.0 Å². The van der Waals surface area contributed by atoms with Crippen molar-refractivity contribution in [2.24, 2.45) is 19.2 Å². The number of rotatable bonds is 6. The molecule has 0 bridgehead atoms. The van der Waals surface area contributed by atoms with Crippen LogP contribution in [0.25, 0.3) is 11.2 Å². The monoisotopic (exact) mass is 510 g/mol. The Balaban J connectivity index is 2.08. The summed E-state index contributed by atoms with van der Waals surface area (Å²) < 4.78 is 9.48. The minimum Gasteiger partial charge on any atom is -0.503 e. The summed E-state index contributed by atoms with van der Waals surface area (Å²) in [7, 11) is 4.39. The van der Waals surface area contributed by atoms with Gasteiger partial charge in [-0.05, 0) is 40.5 Å². The van der Waals surface area contributed by atoms with Crippen molar-refractivity contribution in [3.05, 3.63) is 54.1 Å². The van der Waals surface area contributed by atoms with Gasteiger partial charge >= 0.3 is 5.69 Å². The minimum atomic E-state index is -0.484. The molecule has 0 atom stereocenters. The van der Waals surface area contributed by atoms with Crippen LogP contribution in [0.3, 0.4) is 0 Å². The number of phenols is 1. The van der Waals surface area contributed by atoms with Crippen molar-refractivity contribution >= 4 is 50.9 Å². The van der Waals surface area contributed by atoms with Crippen LogP contribution in [0.1, 0.15) is 12.5 Å². The smallest absolute Gasteiger partial charge is 0.332 e. The van der Waals surface area contributed by atoms with Gasteiger partial charge in [-0.2, -0.15) is 10.1 Å². The fourth-order valence-corrected chi connectivity index (χ4v) is 3.44. The topological polar surface area (TPSA) is 116 Å². The van der Waals surface area contributed by atoms with Crippen LogP contribution in [0, 0.1) is 0 Å². The molecule has 2 aromatic heterocycles. The molecule has 0 spiro atoms. The van der Waals surface area contributed by atoms with Gasteiger partial charge < -0.3 is 9.84 Å². The summed E-state index contributed by atoms with van der Waals surface area (Å²) in [4.78, 5) is 29.4. The number of nitrogens with one attached hydrogen (secondary N) is 1. The molecule has 0 aliphatic heterocycles. The predicted octanol–water partition coefficient (Wildman–Crippen LogP) is 2.50. The number of ether oxygens (including phenoxy) is 1. The average Bonchev–Trinajstić information content (AvgIpc) is 3.10. The van der Waals surface area contributed by atoms with Gasteiger partial charge in [0, 0.05) is 25.7 Å². The van der Waals surface area contributed by atoms with Gasteiger partial charge in [0.25, 0.3) is 5.56 Å². The van der Waals surface area contributed by atoms with Crippen LogP contribution in [-0.2, 0) is 20.6 Å². The molecule has 3 aromatic rings. The van der Waals surface area contributed by atoms with Crippen molar-refractivity contribution in [2.75, 3.05) is 12.5 Å². The summed E-state index contributed by atoms with van der Waals surface area (Å²) in [5.41, 5.74) is 2.95. The number of hydrogen-bond donors (Lipinski definition) is 2. The molecule has 164 valence electrons. The number of halogens is 2. The molecule has 2 heterocycles. The van der Waals surface area contributed by atoms with Gasteiger partial charge in [-0.3, -0.25) is 18.5 Å². The second kappa shape index (κ2) is 8.98. The number of aryl methyl sites for hydroxylation is 1. The molecule has 0 fully saturated rings. The van der Waals surface area contributed by atoms with Gasteiger partial charge in [-0.1, -0.05) is 17.7 Å². The molecule has 0 radical (unpaired) electrons. The number of anilines is 1. The highest BCUT2D eigenvalue weighted by molar-refractivity contribution is 9.10. The lowest BCUT2D eigenvalue weighted by Crippen LogP contribution is -2.37. The quantitative estimate of drug-likeness (QED) is 0.388. The third kappa shape index (κ3) is 4.37. The normalized spacial score (nSPS) is 12.1. The first-order valence-corrected chi connectivity index (χ1v) is 10.2. The average molecular weight is 512 g/mol. The highest BCUT2D eigenvalue weighted by Gasteiger charge is 2.18. The van der Waals surface area contributed by atoms with Crippen LogP contribution in [0.15, 0.2) is 42.4 Å². The number of fused-ring (bicyclic) bond motifs is 1. The molecular formula is C19H20BrClN6O4. The van der Waals surface area contributed by atoms with E-state index < -0.39 is 11.2 Å². The van der Waals surface area contributed by atoms with E-state index >= 15 is 0 Å². The number of allylic oxidation sites excluding steroid dienone is 2. The number of hydrogen-bond acceptors (Lipinski definition) is 7. The van der Waals surface area contributed by atoms with Crippen molar-refractivity contribution in [3.8, 4) is 11.5 Å². The summed E-state index contributed by atoms with van der Waals surface area (Å²) in [6, 6.07) is 3.26. The van der Waals surface area contributed by atoms with Crippen molar-refractivity contribution in [3.63, 3.8) is 0 Å². The van der Waals surface area contributed by atoms with Gasteiger partial charge in [0.2, 0.25) is 5.95 Å². The number of aromatic hydroxyl groups is 1. The third-order valence-corrected chi connectivity index (χ3v) is 5.31. The zero-order chi connectivity index (χ0) is 22.9. The van der Waals surface area contributed by atoms with Crippen molar-refractivity contribution < 1.29 is 9.84 Å². The molecule has 0 aliphatic carbocycles.